The molecular formula is C15H18N4O2. The van der Waals surface area contributed by atoms with Crippen molar-refractivity contribution in [3.8, 4) is 6.07 Å². The zero-order chi connectivity index (χ0) is 14.8. The van der Waals surface area contributed by atoms with Gasteiger partial charge in [-0.15, -0.1) is 0 Å². The number of piperidine rings is 1. The van der Waals surface area contributed by atoms with Crippen LogP contribution < -0.4 is 5.32 Å². The van der Waals surface area contributed by atoms with Crippen molar-refractivity contribution in [1.29, 1.82) is 5.26 Å². The molecule has 1 aromatic rings. The molecule has 2 fully saturated rings. The Balaban J connectivity index is 1.73. The summed E-state index contributed by atoms with van der Waals surface area (Å²) in [7, 11) is 0. The molecule has 0 aromatic heterocycles. The van der Waals surface area contributed by atoms with Gasteiger partial charge in [0.1, 0.15) is 6.07 Å². The number of non-ortho nitro benzene ring substituents is 1. The first kappa shape index (κ1) is 13.8. The lowest BCUT2D eigenvalue weighted by Crippen LogP contribution is -2.42. The van der Waals surface area contributed by atoms with E-state index in [1.165, 1.54) is 31.5 Å². The molecule has 2 aliphatic heterocycles. The number of hydrogen-bond acceptors (Lipinski definition) is 5. The summed E-state index contributed by atoms with van der Waals surface area (Å²) in [5.41, 5.74) is 1.01. The molecule has 21 heavy (non-hydrogen) atoms. The predicted molar refractivity (Wildman–Crippen MR) is 79.1 cm³/mol. The fourth-order valence-electron chi connectivity index (χ4n) is 3.44. The number of nitriles is 1. The van der Waals surface area contributed by atoms with Crippen molar-refractivity contribution in [3.05, 3.63) is 33.9 Å². The van der Waals surface area contributed by atoms with Crippen molar-refractivity contribution < 1.29 is 4.92 Å². The van der Waals surface area contributed by atoms with Crippen LogP contribution in [0.4, 0.5) is 11.4 Å². The summed E-state index contributed by atoms with van der Waals surface area (Å²) in [5.74, 6) is 0. The quantitative estimate of drug-likeness (QED) is 0.682. The number of nitrogens with zero attached hydrogens (tertiary/aromatic N) is 3. The maximum Gasteiger partial charge on any atom is 0.270 e. The Bertz CT molecular complexity index is 596. The Hall–Kier alpha value is -2.13. The molecule has 2 unspecified atom stereocenters. The van der Waals surface area contributed by atoms with E-state index >= 15 is 0 Å². The zero-order valence-electron chi connectivity index (χ0n) is 11.8. The van der Waals surface area contributed by atoms with Crippen LogP contribution in [0.15, 0.2) is 18.2 Å². The zero-order valence-corrected chi connectivity index (χ0v) is 11.8. The Labute approximate surface area is 123 Å². The molecule has 0 bridgehead atoms. The Morgan fingerprint density at radius 2 is 2.24 bits per heavy atom. The maximum atomic E-state index is 10.8. The van der Waals surface area contributed by atoms with Crippen molar-refractivity contribution in [2.75, 3.05) is 18.4 Å². The lowest BCUT2D eigenvalue weighted by Gasteiger charge is -2.35. The first-order valence-electron chi connectivity index (χ1n) is 7.36. The molecular weight excluding hydrogens is 268 g/mol. The van der Waals surface area contributed by atoms with Crippen LogP contribution in [0.2, 0.25) is 0 Å². The summed E-state index contributed by atoms with van der Waals surface area (Å²) in [6, 6.07) is 7.49. The van der Waals surface area contributed by atoms with E-state index in [-0.39, 0.29) is 5.69 Å². The van der Waals surface area contributed by atoms with Crippen molar-refractivity contribution in [2.45, 2.75) is 37.8 Å². The summed E-state index contributed by atoms with van der Waals surface area (Å²) >= 11 is 0. The number of nitro benzene ring substituents is 1. The van der Waals surface area contributed by atoms with Crippen molar-refractivity contribution in [1.82, 2.24) is 4.90 Å². The van der Waals surface area contributed by atoms with E-state index in [4.69, 9.17) is 0 Å². The highest BCUT2D eigenvalue weighted by Gasteiger charge is 2.31. The van der Waals surface area contributed by atoms with Gasteiger partial charge in [0.05, 0.1) is 16.2 Å². The Morgan fingerprint density at radius 1 is 1.38 bits per heavy atom. The molecule has 6 nitrogen and oxygen atoms in total. The largest absolute Gasteiger partial charge is 0.381 e. The number of benzene rings is 1. The standard InChI is InChI=1S/C15H18N4O2/c16-10-11-8-14(19(20)21)3-4-15(11)17-12-5-7-18-6-1-2-13(18)9-12/h3-4,8,12-13,17H,1-2,5-7,9H2. The van der Waals surface area contributed by atoms with E-state index < -0.39 is 4.92 Å². The van der Waals surface area contributed by atoms with Crippen LogP contribution in [0.1, 0.15) is 31.2 Å². The first-order valence-corrected chi connectivity index (χ1v) is 7.36. The van der Waals surface area contributed by atoms with Gasteiger partial charge < -0.3 is 10.2 Å². The molecule has 0 radical (unpaired) electrons. The molecule has 2 heterocycles. The molecule has 2 atom stereocenters. The Morgan fingerprint density at radius 3 is 3.00 bits per heavy atom. The molecule has 2 saturated heterocycles. The maximum absolute atomic E-state index is 10.8. The highest BCUT2D eigenvalue weighted by Crippen LogP contribution is 2.30. The number of nitro groups is 1. The normalized spacial score (nSPS) is 25.1. The van der Waals surface area contributed by atoms with E-state index in [0.29, 0.717) is 23.3 Å². The summed E-state index contributed by atoms with van der Waals surface area (Å²) < 4.78 is 0. The van der Waals surface area contributed by atoms with Gasteiger partial charge in [-0.05, 0) is 38.3 Å². The van der Waals surface area contributed by atoms with Gasteiger partial charge >= 0.3 is 0 Å². The highest BCUT2D eigenvalue weighted by atomic mass is 16.6. The minimum absolute atomic E-state index is 0.0392. The lowest BCUT2D eigenvalue weighted by molar-refractivity contribution is -0.384. The summed E-state index contributed by atoms with van der Waals surface area (Å²) in [6.45, 7) is 2.30. The van der Waals surface area contributed by atoms with Crippen LogP contribution in [-0.2, 0) is 0 Å². The molecule has 0 spiro atoms. The fourth-order valence-corrected chi connectivity index (χ4v) is 3.44. The van der Waals surface area contributed by atoms with Gasteiger partial charge in [-0.25, -0.2) is 0 Å². The van der Waals surface area contributed by atoms with Crippen LogP contribution in [-0.4, -0.2) is 35.0 Å². The van der Waals surface area contributed by atoms with E-state index in [0.717, 1.165) is 19.4 Å². The average Bonchev–Trinajstić information content (AvgIpc) is 2.95. The molecule has 0 saturated carbocycles. The second-order valence-electron chi connectivity index (χ2n) is 5.80. The van der Waals surface area contributed by atoms with Gasteiger partial charge in [-0.3, -0.25) is 10.1 Å². The molecule has 1 N–H and O–H groups in total. The predicted octanol–water partition coefficient (Wildman–Crippen LogP) is 2.51. The second kappa shape index (κ2) is 5.70. The van der Waals surface area contributed by atoms with E-state index in [1.807, 2.05) is 6.07 Å². The lowest BCUT2D eigenvalue weighted by atomic mass is 9.97. The second-order valence-corrected chi connectivity index (χ2v) is 5.80. The van der Waals surface area contributed by atoms with E-state index in [9.17, 15) is 15.4 Å². The number of rotatable bonds is 3. The van der Waals surface area contributed by atoms with Crippen molar-refractivity contribution in [2.24, 2.45) is 0 Å². The van der Waals surface area contributed by atoms with Crippen molar-refractivity contribution >= 4 is 11.4 Å². The third-order valence-electron chi connectivity index (χ3n) is 4.51. The smallest absolute Gasteiger partial charge is 0.270 e. The summed E-state index contributed by atoms with van der Waals surface area (Å²) in [6.07, 6.45) is 4.67. The van der Waals surface area contributed by atoms with Gasteiger partial charge in [-0.2, -0.15) is 5.26 Å². The molecule has 1 aromatic carbocycles. The van der Waals surface area contributed by atoms with Gasteiger partial charge in [0.25, 0.3) is 5.69 Å². The summed E-state index contributed by atoms with van der Waals surface area (Å²) in [4.78, 5) is 12.8. The molecule has 0 amide bonds. The fraction of sp³-hybridized carbons (Fsp3) is 0.533. The monoisotopic (exact) mass is 286 g/mol. The van der Waals surface area contributed by atoms with E-state index in [1.54, 1.807) is 6.07 Å². The van der Waals surface area contributed by atoms with Crippen LogP contribution >= 0.6 is 0 Å². The number of fused-ring (bicyclic) bond motifs is 1. The van der Waals surface area contributed by atoms with Crippen LogP contribution in [0.25, 0.3) is 0 Å². The molecule has 110 valence electrons. The molecule has 3 rings (SSSR count). The highest BCUT2D eigenvalue weighted by molar-refractivity contribution is 5.61. The van der Waals surface area contributed by atoms with Crippen LogP contribution in [0, 0.1) is 21.4 Å². The van der Waals surface area contributed by atoms with Crippen molar-refractivity contribution in [3.63, 3.8) is 0 Å². The first-order chi connectivity index (χ1) is 10.2. The van der Waals surface area contributed by atoms with Gasteiger partial charge in [0.15, 0.2) is 0 Å². The summed E-state index contributed by atoms with van der Waals surface area (Å²) in [5, 5.41) is 23.4. The van der Waals surface area contributed by atoms with Crippen LogP contribution in [0.3, 0.4) is 0 Å². The Kier molecular flexibility index (Phi) is 3.76. The number of hydrogen-bond donors (Lipinski definition) is 1. The van der Waals surface area contributed by atoms with Gasteiger partial charge in [-0.1, -0.05) is 0 Å². The van der Waals surface area contributed by atoms with Gasteiger partial charge in [0.2, 0.25) is 0 Å². The van der Waals surface area contributed by atoms with E-state index in [2.05, 4.69) is 10.2 Å². The molecule has 0 aliphatic carbocycles. The minimum Gasteiger partial charge on any atom is -0.381 e. The number of anilines is 1. The topological polar surface area (TPSA) is 82.2 Å². The third-order valence-corrected chi connectivity index (χ3v) is 4.51. The SMILES string of the molecule is N#Cc1cc([N+](=O)[O-])ccc1NC1CCN2CCCC2C1. The number of nitrogens with one attached hydrogen (secondary N) is 1. The van der Waals surface area contributed by atoms with Gasteiger partial charge in [0, 0.05) is 30.8 Å². The molecule has 2 aliphatic rings. The third kappa shape index (κ3) is 2.83. The molecule has 6 heteroatoms. The average molecular weight is 286 g/mol. The minimum atomic E-state index is -0.471. The van der Waals surface area contributed by atoms with Crippen LogP contribution in [0.5, 0.6) is 0 Å².